The second-order valence-electron chi connectivity index (χ2n) is 5.56. The van der Waals surface area contributed by atoms with Crippen molar-refractivity contribution in [3.05, 3.63) is 36.0 Å². The summed E-state index contributed by atoms with van der Waals surface area (Å²) in [7, 11) is 3.12. The standard InChI is InChI=1S/C16H16N4O4/c1-18-14(21)8-20(9-15(18)22)12-6-4-3-5-10(12)13-7-11(16(23)24)17-19(13)2/h3-7H,8-9H2,1-2H3,(H,23,24). The molecule has 8 heteroatoms. The molecule has 2 amide bonds. The van der Waals surface area contributed by atoms with Crippen molar-refractivity contribution in [2.75, 3.05) is 25.0 Å². The van der Waals surface area contributed by atoms with Crippen molar-refractivity contribution < 1.29 is 19.5 Å². The van der Waals surface area contributed by atoms with E-state index in [-0.39, 0.29) is 30.6 Å². The molecule has 2 aromatic rings. The van der Waals surface area contributed by atoms with E-state index in [2.05, 4.69) is 5.10 Å². The van der Waals surface area contributed by atoms with E-state index in [0.29, 0.717) is 16.9 Å². The number of carboxylic acids is 1. The van der Waals surface area contributed by atoms with Crippen molar-refractivity contribution in [2.45, 2.75) is 0 Å². The highest BCUT2D eigenvalue weighted by molar-refractivity contribution is 6.03. The third kappa shape index (κ3) is 2.62. The fraction of sp³-hybridized carbons (Fsp3) is 0.250. The van der Waals surface area contributed by atoms with E-state index < -0.39 is 5.97 Å². The summed E-state index contributed by atoms with van der Waals surface area (Å²) < 4.78 is 1.47. The highest BCUT2D eigenvalue weighted by Crippen LogP contribution is 2.31. The van der Waals surface area contributed by atoms with Gasteiger partial charge in [-0.1, -0.05) is 18.2 Å². The van der Waals surface area contributed by atoms with Crippen molar-refractivity contribution in [1.29, 1.82) is 0 Å². The maximum Gasteiger partial charge on any atom is 0.356 e. The quantitative estimate of drug-likeness (QED) is 0.829. The van der Waals surface area contributed by atoms with E-state index in [0.717, 1.165) is 4.90 Å². The second kappa shape index (κ2) is 5.80. The predicted molar refractivity (Wildman–Crippen MR) is 85.6 cm³/mol. The minimum Gasteiger partial charge on any atom is -0.476 e. The Morgan fingerprint density at radius 1 is 1.12 bits per heavy atom. The second-order valence-corrected chi connectivity index (χ2v) is 5.56. The molecule has 0 spiro atoms. The Kier molecular flexibility index (Phi) is 3.80. The van der Waals surface area contributed by atoms with Crippen molar-refractivity contribution in [1.82, 2.24) is 14.7 Å². The number of aromatic nitrogens is 2. The fourth-order valence-corrected chi connectivity index (χ4v) is 2.69. The number of hydrogen-bond acceptors (Lipinski definition) is 5. The minimum absolute atomic E-state index is 0.0622. The lowest BCUT2D eigenvalue weighted by molar-refractivity contribution is -0.143. The highest BCUT2D eigenvalue weighted by Gasteiger charge is 2.29. The number of piperazine rings is 1. The Hall–Kier alpha value is -3.16. The van der Waals surface area contributed by atoms with Crippen molar-refractivity contribution in [3.63, 3.8) is 0 Å². The smallest absolute Gasteiger partial charge is 0.356 e. The van der Waals surface area contributed by atoms with Crippen molar-refractivity contribution in [2.24, 2.45) is 7.05 Å². The van der Waals surface area contributed by atoms with Crippen LogP contribution in [0.25, 0.3) is 11.3 Å². The molecular weight excluding hydrogens is 312 g/mol. The number of carboxylic acid groups (broad SMARTS) is 1. The largest absolute Gasteiger partial charge is 0.476 e. The summed E-state index contributed by atoms with van der Waals surface area (Å²) in [4.78, 5) is 37.9. The van der Waals surface area contributed by atoms with Gasteiger partial charge in [-0.3, -0.25) is 19.2 Å². The molecule has 1 N–H and O–H groups in total. The monoisotopic (exact) mass is 328 g/mol. The molecule has 2 heterocycles. The Labute approximate surface area is 137 Å². The first-order chi connectivity index (χ1) is 11.4. The first-order valence-electron chi connectivity index (χ1n) is 7.29. The van der Waals surface area contributed by atoms with E-state index in [1.165, 1.54) is 17.8 Å². The molecule has 8 nitrogen and oxygen atoms in total. The van der Waals surface area contributed by atoms with E-state index in [1.807, 2.05) is 12.1 Å². The number of para-hydroxylation sites is 1. The number of aryl methyl sites for hydroxylation is 1. The van der Waals surface area contributed by atoms with Crippen LogP contribution in [0.15, 0.2) is 30.3 Å². The summed E-state index contributed by atoms with van der Waals surface area (Å²) in [5, 5.41) is 13.1. The third-order valence-corrected chi connectivity index (χ3v) is 4.02. The first-order valence-corrected chi connectivity index (χ1v) is 7.29. The van der Waals surface area contributed by atoms with Gasteiger partial charge in [0, 0.05) is 25.3 Å². The number of benzene rings is 1. The summed E-state index contributed by atoms with van der Waals surface area (Å²) in [5.74, 6) is -1.67. The lowest BCUT2D eigenvalue weighted by Crippen LogP contribution is -2.52. The Morgan fingerprint density at radius 3 is 2.33 bits per heavy atom. The molecule has 0 bridgehead atoms. The summed E-state index contributed by atoms with van der Waals surface area (Å²) in [6.07, 6.45) is 0. The van der Waals surface area contributed by atoms with Crippen LogP contribution in [0.4, 0.5) is 5.69 Å². The number of amides is 2. The predicted octanol–water partition coefficient (Wildman–Crippen LogP) is 0.590. The van der Waals surface area contributed by atoms with Gasteiger partial charge in [0.05, 0.1) is 18.8 Å². The van der Waals surface area contributed by atoms with Gasteiger partial charge in [0.15, 0.2) is 5.69 Å². The molecule has 0 radical (unpaired) electrons. The van der Waals surface area contributed by atoms with Gasteiger partial charge in [0.25, 0.3) is 0 Å². The molecule has 1 fully saturated rings. The molecule has 1 aliphatic rings. The van der Waals surface area contributed by atoms with Gasteiger partial charge in [0.2, 0.25) is 11.8 Å². The third-order valence-electron chi connectivity index (χ3n) is 4.02. The fourth-order valence-electron chi connectivity index (χ4n) is 2.69. The van der Waals surface area contributed by atoms with Gasteiger partial charge in [0.1, 0.15) is 0 Å². The molecule has 124 valence electrons. The topological polar surface area (TPSA) is 95.7 Å². The summed E-state index contributed by atoms with van der Waals surface area (Å²) in [6.45, 7) is 0.172. The SMILES string of the molecule is CN1C(=O)CN(c2ccccc2-c2cc(C(=O)O)nn2C)CC1=O. The van der Waals surface area contributed by atoms with Gasteiger partial charge in [-0.25, -0.2) is 4.79 Å². The molecule has 0 saturated carbocycles. The molecule has 24 heavy (non-hydrogen) atoms. The normalized spacial score (nSPS) is 15.1. The first kappa shape index (κ1) is 15.7. The highest BCUT2D eigenvalue weighted by atomic mass is 16.4. The summed E-state index contributed by atoms with van der Waals surface area (Å²) >= 11 is 0. The summed E-state index contributed by atoms with van der Waals surface area (Å²) in [5.41, 5.74) is 1.94. The van der Waals surface area contributed by atoms with Gasteiger partial charge >= 0.3 is 5.97 Å². The summed E-state index contributed by atoms with van der Waals surface area (Å²) in [6, 6.07) is 8.70. The van der Waals surface area contributed by atoms with Crippen molar-refractivity contribution in [3.8, 4) is 11.3 Å². The zero-order chi connectivity index (χ0) is 17.4. The number of aromatic carboxylic acids is 1. The maximum atomic E-state index is 12.0. The van der Waals surface area contributed by atoms with Crippen molar-refractivity contribution >= 4 is 23.5 Å². The molecule has 0 unspecified atom stereocenters. The van der Waals surface area contributed by atoms with E-state index in [4.69, 9.17) is 5.11 Å². The maximum absolute atomic E-state index is 12.0. The number of imide groups is 1. The zero-order valence-electron chi connectivity index (χ0n) is 13.3. The van der Waals surface area contributed by atoms with Gasteiger partial charge < -0.3 is 10.0 Å². The van der Waals surface area contributed by atoms with Crippen LogP contribution in [0.2, 0.25) is 0 Å². The number of carbonyl (C=O) groups is 3. The number of likely N-dealkylation sites (N-methyl/N-ethyl adjacent to an activating group) is 1. The number of rotatable bonds is 3. The average Bonchev–Trinajstić information content (AvgIpc) is 2.94. The van der Waals surface area contributed by atoms with Crippen LogP contribution >= 0.6 is 0 Å². The Morgan fingerprint density at radius 2 is 1.75 bits per heavy atom. The van der Waals surface area contributed by atoms with Crippen LogP contribution in [0.1, 0.15) is 10.5 Å². The molecule has 1 aliphatic heterocycles. The van der Waals surface area contributed by atoms with Crippen LogP contribution in [0.3, 0.4) is 0 Å². The number of anilines is 1. The van der Waals surface area contributed by atoms with E-state index >= 15 is 0 Å². The van der Waals surface area contributed by atoms with Gasteiger partial charge in [-0.2, -0.15) is 5.10 Å². The number of nitrogens with zero attached hydrogens (tertiary/aromatic N) is 4. The van der Waals surface area contributed by atoms with E-state index in [9.17, 15) is 14.4 Å². The Bertz CT molecular complexity index is 824. The molecule has 0 aliphatic carbocycles. The Balaban J connectivity index is 2.05. The van der Waals surface area contributed by atoms with Crippen LogP contribution in [-0.2, 0) is 16.6 Å². The molecular formula is C16H16N4O4. The molecule has 1 aromatic carbocycles. The minimum atomic E-state index is -1.11. The lowest BCUT2D eigenvalue weighted by atomic mass is 10.1. The molecule has 0 atom stereocenters. The average molecular weight is 328 g/mol. The number of hydrogen-bond donors (Lipinski definition) is 1. The van der Waals surface area contributed by atoms with Gasteiger partial charge in [-0.05, 0) is 12.1 Å². The lowest BCUT2D eigenvalue weighted by Gasteiger charge is -2.33. The zero-order valence-corrected chi connectivity index (χ0v) is 13.3. The van der Waals surface area contributed by atoms with Crippen LogP contribution in [0.5, 0.6) is 0 Å². The van der Waals surface area contributed by atoms with Gasteiger partial charge in [-0.15, -0.1) is 0 Å². The van der Waals surface area contributed by atoms with Crippen LogP contribution < -0.4 is 4.90 Å². The van der Waals surface area contributed by atoms with E-state index in [1.54, 1.807) is 24.1 Å². The molecule has 1 aromatic heterocycles. The molecule has 3 rings (SSSR count). The van der Waals surface area contributed by atoms with Crippen LogP contribution in [0, 0.1) is 0 Å². The van der Waals surface area contributed by atoms with Crippen LogP contribution in [-0.4, -0.2) is 57.7 Å². The number of carbonyl (C=O) groups excluding carboxylic acids is 2. The molecule has 1 saturated heterocycles.